The second kappa shape index (κ2) is 13.1. The highest BCUT2D eigenvalue weighted by Crippen LogP contribution is 2.31. The number of thioether (sulfide) groups is 1. The maximum atomic E-state index is 13.4. The lowest BCUT2D eigenvalue weighted by Gasteiger charge is -2.13. The van der Waals surface area contributed by atoms with E-state index in [1.165, 1.54) is 30.2 Å². The van der Waals surface area contributed by atoms with Crippen molar-refractivity contribution in [1.82, 2.24) is 15.3 Å². The van der Waals surface area contributed by atoms with E-state index in [0.29, 0.717) is 50.2 Å². The molecule has 0 radical (unpaired) electrons. The van der Waals surface area contributed by atoms with Crippen LogP contribution >= 0.6 is 23.4 Å². The van der Waals surface area contributed by atoms with Gasteiger partial charge >= 0.3 is 0 Å². The minimum atomic E-state index is -0.327. The summed E-state index contributed by atoms with van der Waals surface area (Å²) >= 11 is 7.85. The van der Waals surface area contributed by atoms with Crippen molar-refractivity contribution in [1.29, 1.82) is 0 Å². The number of ether oxygens (including phenoxy) is 1. The van der Waals surface area contributed by atoms with Gasteiger partial charge in [-0.3, -0.25) is 9.59 Å². The van der Waals surface area contributed by atoms with Gasteiger partial charge in [-0.05, 0) is 60.4 Å². The monoisotopic (exact) mass is 553 g/mol. The number of fused-ring (bicyclic) bond motifs is 1. The Morgan fingerprint density at radius 3 is 2.66 bits per heavy atom. The van der Waals surface area contributed by atoms with Gasteiger partial charge in [0.1, 0.15) is 30.3 Å². The molecule has 8 nitrogen and oxygen atoms in total. The lowest BCUT2D eigenvalue weighted by molar-refractivity contribution is -0.119. The minimum Gasteiger partial charge on any atom is -0.487 e. The molecule has 0 unspecified atom stereocenters. The second-order valence-electron chi connectivity index (χ2n) is 8.22. The molecule has 11 heteroatoms. The number of hydrogen-bond donors (Lipinski definition) is 3. The predicted molar refractivity (Wildman–Crippen MR) is 150 cm³/mol. The Kier molecular flexibility index (Phi) is 9.34. The van der Waals surface area contributed by atoms with Crippen molar-refractivity contribution in [2.45, 2.75) is 13.0 Å². The number of carbonyl (C=O) groups is 2. The normalized spacial score (nSPS) is 10.7. The largest absolute Gasteiger partial charge is 0.487 e. The van der Waals surface area contributed by atoms with Gasteiger partial charge in [0.15, 0.2) is 0 Å². The lowest BCUT2D eigenvalue weighted by atomic mass is 10.2. The van der Waals surface area contributed by atoms with Crippen LogP contribution in [0.25, 0.3) is 10.9 Å². The summed E-state index contributed by atoms with van der Waals surface area (Å²) in [5.41, 5.74) is 2.63. The quantitative estimate of drug-likeness (QED) is 0.223. The number of anilines is 3. The van der Waals surface area contributed by atoms with Crippen molar-refractivity contribution < 1.29 is 18.7 Å². The minimum absolute atomic E-state index is 0.102. The van der Waals surface area contributed by atoms with E-state index >= 15 is 0 Å². The SMILES string of the molecule is CSCC(=O)NCCC(=O)Nc1ccc2ncnc(Nc3ccc(OCc4cccc(F)c4)c(Cl)c3)c2c1. The summed E-state index contributed by atoms with van der Waals surface area (Å²) in [6.07, 6.45) is 3.44. The Bertz CT molecular complexity index is 1460. The van der Waals surface area contributed by atoms with Crippen LogP contribution in [-0.4, -0.2) is 40.3 Å². The summed E-state index contributed by atoms with van der Waals surface area (Å²) < 4.78 is 19.1. The van der Waals surface area contributed by atoms with E-state index in [1.807, 2.05) is 6.26 Å². The predicted octanol–water partition coefficient (Wildman–Crippen LogP) is 5.55. The number of benzene rings is 3. The van der Waals surface area contributed by atoms with Crippen molar-refractivity contribution in [2.24, 2.45) is 0 Å². The van der Waals surface area contributed by atoms with Gasteiger partial charge in [-0.25, -0.2) is 14.4 Å². The molecular formula is C27H25ClFN5O3S. The maximum absolute atomic E-state index is 13.4. The summed E-state index contributed by atoms with van der Waals surface area (Å²) in [6, 6.07) is 16.7. The van der Waals surface area contributed by atoms with Gasteiger partial charge in [-0.1, -0.05) is 23.7 Å². The first-order valence-corrected chi connectivity index (χ1v) is 13.4. The number of nitrogens with one attached hydrogen (secondary N) is 3. The average molecular weight is 554 g/mol. The molecule has 0 saturated heterocycles. The molecule has 3 aromatic carbocycles. The molecule has 0 aliphatic rings. The van der Waals surface area contributed by atoms with E-state index in [9.17, 15) is 14.0 Å². The fourth-order valence-electron chi connectivity index (χ4n) is 3.58. The summed E-state index contributed by atoms with van der Waals surface area (Å²) in [6.45, 7) is 0.441. The van der Waals surface area contributed by atoms with Crippen LogP contribution in [0.2, 0.25) is 5.02 Å². The van der Waals surface area contributed by atoms with E-state index in [2.05, 4.69) is 25.9 Å². The van der Waals surface area contributed by atoms with E-state index in [0.717, 1.165) is 0 Å². The standard InChI is InChI=1S/C27H25ClFN5O3S/c1-38-15-26(36)30-10-9-25(35)33-19-5-7-23-21(12-19)27(32-16-31-23)34-20-6-8-24(22(28)13-20)37-14-17-3-2-4-18(29)11-17/h2-8,11-13,16H,9-10,14-15H2,1H3,(H,30,36)(H,33,35)(H,31,32,34). The molecule has 4 aromatic rings. The van der Waals surface area contributed by atoms with Crippen LogP contribution in [0.3, 0.4) is 0 Å². The first kappa shape index (κ1) is 27.2. The molecule has 0 atom stereocenters. The van der Waals surface area contributed by atoms with Crippen LogP contribution in [0.5, 0.6) is 5.75 Å². The Balaban J connectivity index is 1.42. The highest BCUT2D eigenvalue weighted by Gasteiger charge is 2.10. The summed E-state index contributed by atoms with van der Waals surface area (Å²) in [4.78, 5) is 32.5. The Morgan fingerprint density at radius 1 is 1.03 bits per heavy atom. The Hall–Kier alpha value is -3.89. The Morgan fingerprint density at radius 2 is 1.87 bits per heavy atom. The van der Waals surface area contributed by atoms with Crippen LogP contribution in [0, 0.1) is 5.82 Å². The molecule has 0 fully saturated rings. The molecular weight excluding hydrogens is 529 g/mol. The average Bonchev–Trinajstić information content (AvgIpc) is 2.89. The molecule has 0 saturated carbocycles. The van der Waals surface area contributed by atoms with Gasteiger partial charge in [-0.15, -0.1) is 0 Å². The third-order valence-corrected chi connectivity index (χ3v) is 6.19. The van der Waals surface area contributed by atoms with E-state index < -0.39 is 0 Å². The van der Waals surface area contributed by atoms with E-state index in [4.69, 9.17) is 16.3 Å². The van der Waals surface area contributed by atoms with Gasteiger partial charge in [0.2, 0.25) is 11.8 Å². The van der Waals surface area contributed by atoms with Crippen LogP contribution in [0.15, 0.2) is 67.0 Å². The molecule has 196 valence electrons. The number of rotatable bonds is 11. The first-order valence-electron chi connectivity index (χ1n) is 11.7. The number of aromatic nitrogens is 2. The Labute approximate surface area is 228 Å². The van der Waals surface area contributed by atoms with Crippen molar-refractivity contribution in [3.05, 3.63) is 83.4 Å². The van der Waals surface area contributed by atoms with Crippen LogP contribution in [0.1, 0.15) is 12.0 Å². The number of hydrogen-bond acceptors (Lipinski definition) is 7. The molecule has 4 rings (SSSR count). The topological polar surface area (TPSA) is 105 Å². The van der Waals surface area contributed by atoms with Crippen LogP contribution < -0.4 is 20.7 Å². The van der Waals surface area contributed by atoms with Crippen molar-refractivity contribution >= 4 is 63.3 Å². The van der Waals surface area contributed by atoms with Crippen molar-refractivity contribution in [3.63, 3.8) is 0 Å². The van der Waals surface area contributed by atoms with Gasteiger partial charge in [0, 0.05) is 29.7 Å². The molecule has 38 heavy (non-hydrogen) atoms. The van der Waals surface area contributed by atoms with Crippen molar-refractivity contribution in [2.75, 3.05) is 29.2 Å². The number of halogens is 2. The van der Waals surface area contributed by atoms with Crippen molar-refractivity contribution in [3.8, 4) is 5.75 Å². The smallest absolute Gasteiger partial charge is 0.229 e. The maximum Gasteiger partial charge on any atom is 0.229 e. The van der Waals surface area contributed by atoms with E-state index in [-0.39, 0.29) is 37.2 Å². The molecule has 0 spiro atoms. The second-order valence-corrected chi connectivity index (χ2v) is 9.50. The molecule has 1 heterocycles. The molecule has 0 bridgehead atoms. The summed E-state index contributed by atoms with van der Waals surface area (Å²) in [5, 5.41) is 9.85. The van der Waals surface area contributed by atoms with Crippen LogP contribution in [0.4, 0.5) is 21.6 Å². The highest BCUT2D eigenvalue weighted by atomic mass is 35.5. The van der Waals surface area contributed by atoms with Gasteiger partial charge in [0.25, 0.3) is 0 Å². The summed E-state index contributed by atoms with van der Waals surface area (Å²) in [5.74, 6) is 0.698. The lowest BCUT2D eigenvalue weighted by Crippen LogP contribution is -2.28. The fourth-order valence-corrected chi connectivity index (χ4v) is 4.17. The van der Waals surface area contributed by atoms with E-state index in [1.54, 1.807) is 48.5 Å². The molecule has 0 aliphatic heterocycles. The zero-order valence-corrected chi connectivity index (χ0v) is 22.0. The molecule has 0 aliphatic carbocycles. The number of amides is 2. The molecule has 1 aromatic heterocycles. The molecule has 2 amide bonds. The first-order chi connectivity index (χ1) is 18.4. The number of nitrogens with zero attached hydrogens (tertiary/aromatic N) is 2. The van der Waals surface area contributed by atoms with Gasteiger partial charge in [0.05, 0.1) is 16.3 Å². The highest BCUT2D eigenvalue weighted by molar-refractivity contribution is 7.99. The van der Waals surface area contributed by atoms with Gasteiger partial charge in [-0.2, -0.15) is 11.8 Å². The zero-order chi connectivity index (χ0) is 26.9. The molecule has 3 N–H and O–H groups in total. The third-order valence-electron chi connectivity index (χ3n) is 5.35. The summed E-state index contributed by atoms with van der Waals surface area (Å²) in [7, 11) is 0. The zero-order valence-electron chi connectivity index (χ0n) is 20.5. The third kappa shape index (κ3) is 7.56. The number of carbonyl (C=O) groups excluding carboxylic acids is 2. The fraction of sp³-hybridized carbons (Fsp3) is 0.185. The van der Waals surface area contributed by atoms with Crippen LogP contribution in [-0.2, 0) is 16.2 Å². The van der Waals surface area contributed by atoms with Gasteiger partial charge < -0.3 is 20.7 Å².